The lowest BCUT2D eigenvalue weighted by Crippen LogP contribution is -2.00. The molecule has 0 fully saturated rings. The summed E-state index contributed by atoms with van der Waals surface area (Å²) in [5.74, 6) is 0.205. The zero-order valence-corrected chi connectivity index (χ0v) is 9.30. The van der Waals surface area contributed by atoms with E-state index in [1.54, 1.807) is 19.9 Å². The van der Waals surface area contributed by atoms with Crippen molar-refractivity contribution >= 4 is 11.5 Å². The van der Waals surface area contributed by atoms with Gasteiger partial charge in [-0.2, -0.15) is 0 Å². The highest BCUT2D eigenvalue weighted by Crippen LogP contribution is 2.28. The third kappa shape index (κ3) is 1.82. The largest absolute Gasteiger partial charge is 0.392 e. The predicted molar refractivity (Wildman–Crippen MR) is 60.3 cm³/mol. The Kier molecular flexibility index (Phi) is 2.51. The van der Waals surface area contributed by atoms with Crippen molar-refractivity contribution in [2.45, 2.75) is 13.8 Å². The topological polar surface area (TPSA) is 108 Å². The Hall–Kier alpha value is -2.44. The van der Waals surface area contributed by atoms with E-state index < -0.39 is 4.92 Å². The molecule has 0 spiro atoms. The van der Waals surface area contributed by atoms with Crippen molar-refractivity contribution in [2.24, 2.45) is 0 Å². The van der Waals surface area contributed by atoms with Crippen molar-refractivity contribution in [1.29, 1.82) is 0 Å². The van der Waals surface area contributed by atoms with Crippen LogP contribution in [0.15, 0.2) is 16.7 Å². The number of aryl methyl sites for hydroxylation is 2. The molecule has 0 aliphatic carbocycles. The fourth-order valence-electron chi connectivity index (χ4n) is 1.59. The average molecular weight is 234 g/mol. The first-order chi connectivity index (χ1) is 8.00. The molecule has 0 aliphatic heterocycles. The molecule has 2 N–H and O–H groups in total. The van der Waals surface area contributed by atoms with Crippen LogP contribution in [-0.4, -0.2) is 15.1 Å². The number of nitro groups is 1. The molecule has 0 saturated heterocycles. The molecule has 7 heteroatoms. The molecule has 0 atom stereocenters. The quantitative estimate of drug-likeness (QED) is 0.627. The van der Waals surface area contributed by atoms with Crippen LogP contribution in [-0.2, 0) is 0 Å². The van der Waals surface area contributed by atoms with Crippen molar-refractivity contribution in [3.63, 3.8) is 0 Å². The summed E-state index contributed by atoms with van der Waals surface area (Å²) in [4.78, 5) is 14.0. The minimum atomic E-state index is -0.614. The second-order valence-corrected chi connectivity index (χ2v) is 3.57. The van der Waals surface area contributed by atoms with E-state index in [2.05, 4.69) is 10.1 Å². The van der Waals surface area contributed by atoms with Gasteiger partial charge in [0.15, 0.2) is 5.69 Å². The van der Waals surface area contributed by atoms with Gasteiger partial charge in [-0.15, -0.1) is 0 Å². The summed E-state index contributed by atoms with van der Waals surface area (Å²) in [6, 6.07) is 3.06. The summed E-state index contributed by atoms with van der Waals surface area (Å²) in [6.07, 6.45) is 0. The van der Waals surface area contributed by atoms with Crippen LogP contribution in [0.2, 0.25) is 0 Å². The van der Waals surface area contributed by atoms with Crippen molar-refractivity contribution in [2.75, 3.05) is 5.73 Å². The Morgan fingerprint density at radius 1 is 1.41 bits per heavy atom. The molecule has 0 radical (unpaired) electrons. The average Bonchev–Trinajstić information content (AvgIpc) is 2.59. The lowest BCUT2D eigenvalue weighted by atomic mass is 10.1. The molecule has 0 bridgehead atoms. The van der Waals surface area contributed by atoms with Crippen LogP contribution < -0.4 is 5.73 Å². The van der Waals surface area contributed by atoms with Gasteiger partial charge in [0.2, 0.25) is 0 Å². The number of nitrogens with zero attached hydrogens (tertiary/aromatic N) is 3. The third-order valence-electron chi connectivity index (χ3n) is 2.37. The second-order valence-electron chi connectivity index (χ2n) is 3.57. The summed E-state index contributed by atoms with van der Waals surface area (Å²) in [5, 5.41) is 14.5. The molecule has 88 valence electrons. The Balaban J connectivity index is 2.62. The molecule has 0 amide bonds. The van der Waals surface area contributed by atoms with Gasteiger partial charge >= 0.3 is 5.82 Å². The van der Waals surface area contributed by atoms with Crippen LogP contribution >= 0.6 is 0 Å². The van der Waals surface area contributed by atoms with Gasteiger partial charge < -0.3 is 20.4 Å². The molecule has 2 rings (SSSR count). The van der Waals surface area contributed by atoms with E-state index in [9.17, 15) is 10.1 Å². The molecule has 0 aromatic carbocycles. The van der Waals surface area contributed by atoms with Gasteiger partial charge in [-0.1, -0.05) is 5.16 Å². The van der Waals surface area contributed by atoms with Gasteiger partial charge in [0, 0.05) is 0 Å². The van der Waals surface area contributed by atoms with E-state index in [1.165, 1.54) is 6.07 Å². The highest BCUT2D eigenvalue weighted by Gasteiger charge is 2.21. The van der Waals surface area contributed by atoms with Crippen LogP contribution in [0.25, 0.3) is 11.3 Å². The first-order valence-electron chi connectivity index (χ1n) is 4.85. The monoisotopic (exact) mass is 234 g/mol. The Labute approximate surface area is 96.4 Å². The van der Waals surface area contributed by atoms with E-state index in [0.717, 1.165) is 0 Å². The maximum Gasteiger partial charge on any atom is 0.387 e. The first-order valence-corrected chi connectivity index (χ1v) is 4.85. The zero-order valence-electron chi connectivity index (χ0n) is 9.30. The molecule has 0 saturated carbocycles. The number of rotatable bonds is 2. The number of nitrogens with two attached hydrogens (primary N) is 1. The second kappa shape index (κ2) is 3.85. The minimum Gasteiger partial charge on any atom is -0.392 e. The van der Waals surface area contributed by atoms with E-state index in [-0.39, 0.29) is 11.5 Å². The lowest BCUT2D eigenvalue weighted by molar-refractivity contribution is -0.388. The van der Waals surface area contributed by atoms with Crippen LogP contribution in [0.3, 0.4) is 0 Å². The van der Waals surface area contributed by atoms with Gasteiger partial charge in [0.1, 0.15) is 11.4 Å². The predicted octanol–water partition coefficient (Wildman–Crippen LogP) is 1.84. The third-order valence-corrected chi connectivity index (χ3v) is 2.37. The summed E-state index contributed by atoms with van der Waals surface area (Å²) in [6.45, 7) is 3.47. The summed E-state index contributed by atoms with van der Waals surface area (Å²) >= 11 is 0. The van der Waals surface area contributed by atoms with Crippen LogP contribution in [0.4, 0.5) is 11.5 Å². The van der Waals surface area contributed by atoms with Crippen LogP contribution in [0, 0.1) is 24.0 Å². The lowest BCUT2D eigenvalue weighted by Gasteiger charge is -1.99. The summed E-state index contributed by atoms with van der Waals surface area (Å²) in [5.41, 5.74) is 7.24. The van der Waals surface area contributed by atoms with Gasteiger partial charge in [0.05, 0.1) is 11.3 Å². The van der Waals surface area contributed by atoms with Gasteiger partial charge in [-0.05, 0) is 35.9 Å². The Bertz CT molecular complexity index is 572. The highest BCUT2D eigenvalue weighted by atomic mass is 16.6. The Morgan fingerprint density at radius 2 is 2.12 bits per heavy atom. The maximum absolute atomic E-state index is 10.7. The van der Waals surface area contributed by atoms with Crippen molar-refractivity contribution < 1.29 is 9.45 Å². The van der Waals surface area contributed by atoms with E-state index in [1.807, 2.05) is 0 Å². The standard InChI is InChI=1S/C10H10N4O3/c1-5-9(6(2)17-13-5)8-4-3-7(11)10(12-8)14(15)16/h3-4H,11H2,1-2H3. The molecular formula is C10H10N4O3. The first kappa shape index (κ1) is 11.1. The zero-order chi connectivity index (χ0) is 12.6. The van der Waals surface area contributed by atoms with Crippen LogP contribution in [0.1, 0.15) is 11.5 Å². The summed E-state index contributed by atoms with van der Waals surface area (Å²) < 4.78 is 4.99. The fraction of sp³-hybridized carbons (Fsp3) is 0.200. The van der Waals surface area contributed by atoms with E-state index >= 15 is 0 Å². The number of aromatic nitrogens is 2. The molecule has 2 aromatic heterocycles. The van der Waals surface area contributed by atoms with Crippen molar-refractivity contribution in [3.8, 4) is 11.3 Å². The number of pyridine rings is 1. The Morgan fingerprint density at radius 3 is 2.65 bits per heavy atom. The molecule has 2 aromatic rings. The molecular weight excluding hydrogens is 224 g/mol. The molecule has 0 unspecified atom stereocenters. The van der Waals surface area contributed by atoms with Gasteiger partial charge in [0.25, 0.3) is 0 Å². The molecule has 2 heterocycles. The van der Waals surface area contributed by atoms with E-state index in [4.69, 9.17) is 10.3 Å². The fourth-order valence-corrected chi connectivity index (χ4v) is 1.59. The van der Waals surface area contributed by atoms with Crippen LogP contribution in [0.5, 0.6) is 0 Å². The smallest absolute Gasteiger partial charge is 0.387 e. The van der Waals surface area contributed by atoms with Crippen molar-refractivity contribution in [3.05, 3.63) is 33.7 Å². The number of anilines is 1. The summed E-state index contributed by atoms with van der Waals surface area (Å²) in [7, 11) is 0. The molecule has 17 heavy (non-hydrogen) atoms. The van der Waals surface area contributed by atoms with E-state index in [0.29, 0.717) is 22.7 Å². The number of hydrogen-bond donors (Lipinski definition) is 1. The van der Waals surface area contributed by atoms with Crippen molar-refractivity contribution in [1.82, 2.24) is 10.1 Å². The highest BCUT2D eigenvalue weighted by molar-refractivity contribution is 5.68. The van der Waals surface area contributed by atoms with Gasteiger partial charge in [-0.3, -0.25) is 0 Å². The normalized spacial score (nSPS) is 10.5. The number of nitrogen functional groups attached to an aromatic ring is 1. The number of hydrogen-bond acceptors (Lipinski definition) is 6. The maximum atomic E-state index is 10.7. The van der Waals surface area contributed by atoms with Gasteiger partial charge in [-0.25, -0.2) is 0 Å². The molecule has 0 aliphatic rings. The minimum absolute atomic E-state index is 0.0329. The SMILES string of the molecule is Cc1noc(C)c1-c1ccc(N)c([N+](=O)[O-])n1. The molecule has 7 nitrogen and oxygen atoms in total.